The largest absolute Gasteiger partial charge is 0.493 e. The third kappa shape index (κ3) is 5.51. The van der Waals surface area contributed by atoms with Crippen molar-refractivity contribution in [3.05, 3.63) is 54.1 Å². The smallest absolute Gasteiger partial charge is 0.124 e. The first-order valence-electron chi connectivity index (χ1n) is 8.44. The Labute approximate surface area is 139 Å². The van der Waals surface area contributed by atoms with Crippen LogP contribution >= 0.6 is 0 Å². The lowest BCUT2D eigenvalue weighted by Crippen LogP contribution is -2.09. The van der Waals surface area contributed by atoms with Gasteiger partial charge in [0.1, 0.15) is 11.5 Å². The molecule has 1 atom stereocenters. The predicted octanol–water partition coefficient (Wildman–Crippen LogP) is 5.26. The zero-order chi connectivity index (χ0) is 16.5. The number of hydrogen-bond donors (Lipinski definition) is 1. The van der Waals surface area contributed by atoms with Gasteiger partial charge in [-0.05, 0) is 50.1 Å². The zero-order valence-electron chi connectivity index (χ0n) is 14.3. The minimum Gasteiger partial charge on any atom is -0.493 e. The van der Waals surface area contributed by atoms with E-state index in [9.17, 15) is 0 Å². The molecule has 0 aliphatic rings. The maximum absolute atomic E-state index is 5.80. The van der Waals surface area contributed by atoms with E-state index in [1.54, 1.807) is 0 Å². The molecular weight excluding hydrogens is 286 g/mol. The van der Waals surface area contributed by atoms with E-state index in [0.717, 1.165) is 43.2 Å². The highest BCUT2D eigenvalue weighted by molar-refractivity contribution is 5.48. The molecule has 2 aromatic rings. The van der Waals surface area contributed by atoms with Gasteiger partial charge in [0.25, 0.3) is 0 Å². The summed E-state index contributed by atoms with van der Waals surface area (Å²) < 4.78 is 11.6. The molecule has 2 aromatic carbocycles. The summed E-state index contributed by atoms with van der Waals surface area (Å²) in [5.41, 5.74) is 2.24. The van der Waals surface area contributed by atoms with Crippen LogP contribution in [-0.2, 0) is 6.54 Å². The van der Waals surface area contributed by atoms with Crippen LogP contribution in [0.3, 0.4) is 0 Å². The molecule has 3 heteroatoms. The van der Waals surface area contributed by atoms with Crippen LogP contribution in [0.1, 0.15) is 39.2 Å². The van der Waals surface area contributed by atoms with Gasteiger partial charge in [-0.3, -0.25) is 0 Å². The molecule has 0 fully saturated rings. The topological polar surface area (TPSA) is 30.5 Å². The molecule has 0 spiro atoms. The fourth-order valence-corrected chi connectivity index (χ4v) is 2.17. The normalized spacial score (nSPS) is 11.8. The average Bonchev–Trinajstić information content (AvgIpc) is 2.60. The van der Waals surface area contributed by atoms with E-state index in [2.05, 4.69) is 32.2 Å². The van der Waals surface area contributed by atoms with Gasteiger partial charge in [-0.2, -0.15) is 0 Å². The van der Waals surface area contributed by atoms with E-state index in [0.29, 0.717) is 0 Å². The maximum atomic E-state index is 5.80. The third-order valence-electron chi connectivity index (χ3n) is 3.68. The molecule has 1 unspecified atom stereocenters. The maximum Gasteiger partial charge on any atom is 0.124 e. The number of ether oxygens (including phenoxy) is 2. The van der Waals surface area contributed by atoms with Crippen LogP contribution in [0.15, 0.2) is 48.5 Å². The average molecular weight is 313 g/mol. The van der Waals surface area contributed by atoms with Crippen LogP contribution < -0.4 is 14.8 Å². The number of para-hydroxylation sites is 1. The summed E-state index contributed by atoms with van der Waals surface area (Å²) in [6, 6.07) is 16.3. The van der Waals surface area contributed by atoms with Crippen molar-refractivity contribution in [2.24, 2.45) is 0 Å². The van der Waals surface area contributed by atoms with Crippen molar-refractivity contribution >= 4 is 5.69 Å². The van der Waals surface area contributed by atoms with E-state index < -0.39 is 0 Å². The van der Waals surface area contributed by atoms with Crippen LogP contribution in [0, 0.1) is 0 Å². The Bertz CT molecular complexity index is 580. The SMILES string of the molecule is CCCOc1ccccc1CNc1ccc(OC(C)CC)cc1. The van der Waals surface area contributed by atoms with Crippen molar-refractivity contribution in [2.45, 2.75) is 46.3 Å². The fraction of sp³-hybridized carbons (Fsp3) is 0.400. The van der Waals surface area contributed by atoms with Crippen molar-refractivity contribution in [3.8, 4) is 11.5 Å². The third-order valence-corrected chi connectivity index (χ3v) is 3.68. The summed E-state index contributed by atoms with van der Waals surface area (Å²) in [5.74, 6) is 1.87. The molecule has 1 N–H and O–H groups in total. The zero-order valence-corrected chi connectivity index (χ0v) is 14.3. The monoisotopic (exact) mass is 313 g/mol. The molecule has 0 aliphatic carbocycles. The molecule has 124 valence electrons. The molecule has 0 aliphatic heterocycles. The Morgan fingerprint density at radius 3 is 2.43 bits per heavy atom. The Hall–Kier alpha value is -2.16. The number of benzene rings is 2. The van der Waals surface area contributed by atoms with E-state index in [-0.39, 0.29) is 6.10 Å². The number of anilines is 1. The Kier molecular flexibility index (Phi) is 6.79. The van der Waals surface area contributed by atoms with E-state index in [4.69, 9.17) is 9.47 Å². The highest BCUT2D eigenvalue weighted by Crippen LogP contribution is 2.21. The van der Waals surface area contributed by atoms with Gasteiger partial charge >= 0.3 is 0 Å². The quantitative estimate of drug-likeness (QED) is 0.684. The lowest BCUT2D eigenvalue weighted by Gasteiger charge is -2.14. The van der Waals surface area contributed by atoms with E-state index >= 15 is 0 Å². The van der Waals surface area contributed by atoms with Crippen LogP contribution in [0.4, 0.5) is 5.69 Å². The standard InChI is InChI=1S/C20H27NO2/c1-4-14-22-20-9-7-6-8-17(20)15-21-18-10-12-19(13-11-18)23-16(3)5-2/h6-13,16,21H,4-5,14-15H2,1-3H3. The van der Waals surface area contributed by atoms with Gasteiger partial charge < -0.3 is 14.8 Å². The van der Waals surface area contributed by atoms with Crippen molar-refractivity contribution < 1.29 is 9.47 Å². The van der Waals surface area contributed by atoms with E-state index in [1.807, 2.05) is 42.5 Å². The number of rotatable bonds is 9. The highest BCUT2D eigenvalue weighted by Gasteiger charge is 2.04. The van der Waals surface area contributed by atoms with Crippen molar-refractivity contribution in [1.29, 1.82) is 0 Å². The van der Waals surface area contributed by atoms with Crippen LogP contribution in [0.2, 0.25) is 0 Å². The van der Waals surface area contributed by atoms with Crippen molar-refractivity contribution in [3.63, 3.8) is 0 Å². The van der Waals surface area contributed by atoms with Gasteiger partial charge in [-0.25, -0.2) is 0 Å². The minimum absolute atomic E-state index is 0.247. The fourth-order valence-electron chi connectivity index (χ4n) is 2.17. The lowest BCUT2D eigenvalue weighted by molar-refractivity contribution is 0.217. The number of nitrogens with one attached hydrogen (secondary N) is 1. The molecule has 0 amide bonds. The van der Waals surface area contributed by atoms with Gasteiger partial charge in [0.05, 0.1) is 12.7 Å². The predicted molar refractivity (Wildman–Crippen MR) is 96.4 cm³/mol. The van der Waals surface area contributed by atoms with E-state index in [1.165, 1.54) is 5.56 Å². The second-order valence-corrected chi connectivity index (χ2v) is 5.67. The first-order valence-corrected chi connectivity index (χ1v) is 8.44. The molecule has 0 aromatic heterocycles. The second kappa shape index (κ2) is 9.09. The summed E-state index contributed by atoms with van der Waals surface area (Å²) in [6.45, 7) is 7.81. The molecule has 23 heavy (non-hydrogen) atoms. The van der Waals surface area contributed by atoms with Gasteiger partial charge in [-0.15, -0.1) is 0 Å². The van der Waals surface area contributed by atoms with Gasteiger partial charge in [0.15, 0.2) is 0 Å². The summed E-state index contributed by atoms with van der Waals surface area (Å²) in [6.07, 6.45) is 2.27. The van der Waals surface area contributed by atoms with Crippen LogP contribution in [0.25, 0.3) is 0 Å². The Balaban J connectivity index is 1.93. The number of hydrogen-bond acceptors (Lipinski definition) is 3. The van der Waals surface area contributed by atoms with Crippen molar-refractivity contribution in [2.75, 3.05) is 11.9 Å². The highest BCUT2D eigenvalue weighted by atomic mass is 16.5. The lowest BCUT2D eigenvalue weighted by atomic mass is 10.2. The summed E-state index contributed by atoms with van der Waals surface area (Å²) in [7, 11) is 0. The first kappa shape index (κ1) is 17.2. The van der Waals surface area contributed by atoms with Crippen LogP contribution in [-0.4, -0.2) is 12.7 Å². The van der Waals surface area contributed by atoms with Gasteiger partial charge in [0.2, 0.25) is 0 Å². The summed E-state index contributed by atoms with van der Waals surface area (Å²) in [4.78, 5) is 0. The Morgan fingerprint density at radius 1 is 1.00 bits per heavy atom. The molecule has 0 bridgehead atoms. The molecule has 0 radical (unpaired) electrons. The van der Waals surface area contributed by atoms with Crippen LogP contribution in [0.5, 0.6) is 11.5 Å². The van der Waals surface area contributed by atoms with Gasteiger partial charge in [-0.1, -0.05) is 32.0 Å². The molecular formula is C20H27NO2. The Morgan fingerprint density at radius 2 is 1.74 bits per heavy atom. The molecule has 0 saturated heterocycles. The molecule has 0 heterocycles. The first-order chi connectivity index (χ1) is 11.2. The summed E-state index contributed by atoms with van der Waals surface area (Å²) >= 11 is 0. The minimum atomic E-state index is 0.247. The van der Waals surface area contributed by atoms with Gasteiger partial charge in [0, 0.05) is 17.8 Å². The molecule has 0 saturated carbocycles. The second-order valence-electron chi connectivity index (χ2n) is 5.67. The molecule has 2 rings (SSSR count). The van der Waals surface area contributed by atoms with Crippen molar-refractivity contribution in [1.82, 2.24) is 0 Å². The molecule has 3 nitrogen and oxygen atoms in total. The summed E-state index contributed by atoms with van der Waals surface area (Å²) in [5, 5.41) is 3.44.